The first-order valence-electron chi connectivity index (χ1n) is 12.7. The molecule has 0 radical (unpaired) electrons. The van der Waals surface area contributed by atoms with Crippen LogP contribution in [0.3, 0.4) is 0 Å². The first-order chi connectivity index (χ1) is 19.7. The number of nitrogens with zero attached hydrogens (tertiary/aromatic N) is 1. The summed E-state index contributed by atoms with van der Waals surface area (Å²) < 4.78 is 18.0. The van der Waals surface area contributed by atoms with Crippen molar-refractivity contribution in [1.82, 2.24) is 0 Å². The van der Waals surface area contributed by atoms with Crippen molar-refractivity contribution in [2.75, 3.05) is 13.2 Å². The number of aryl methyl sites for hydroxylation is 1. The van der Waals surface area contributed by atoms with E-state index in [0.29, 0.717) is 35.2 Å². The van der Waals surface area contributed by atoms with Gasteiger partial charge in [0.25, 0.3) is 5.91 Å². The van der Waals surface area contributed by atoms with Crippen LogP contribution < -0.4 is 9.47 Å². The van der Waals surface area contributed by atoms with Crippen LogP contribution in [0.4, 0.5) is 0 Å². The summed E-state index contributed by atoms with van der Waals surface area (Å²) in [6.45, 7) is 6.45. The Kier molecular flexibility index (Phi) is 10.5. The van der Waals surface area contributed by atoms with Crippen LogP contribution in [0, 0.1) is 10.5 Å². The van der Waals surface area contributed by atoms with E-state index in [1.165, 1.54) is 5.56 Å². The molecule has 0 spiro atoms. The van der Waals surface area contributed by atoms with Gasteiger partial charge in [0.05, 0.1) is 32.3 Å². The van der Waals surface area contributed by atoms with Gasteiger partial charge in [-0.2, -0.15) is 0 Å². The van der Waals surface area contributed by atoms with Gasteiger partial charge in [0, 0.05) is 0 Å². The Balaban J connectivity index is 1.68. The number of carbonyl (C=O) groups is 2. The fourth-order valence-electron chi connectivity index (χ4n) is 3.84. The van der Waals surface area contributed by atoms with Gasteiger partial charge < -0.3 is 19.3 Å². The molecule has 10 heteroatoms. The number of carbonyl (C=O) groups excluding carboxylic acids is 2. The smallest absolute Gasteiger partial charge is 0.344 e. The van der Waals surface area contributed by atoms with Gasteiger partial charge in [-0.05, 0) is 84.8 Å². The Morgan fingerprint density at radius 2 is 1.78 bits per heavy atom. The minimum absolute atomic E-state index is 0.0231. The molecule has 0 fully saturated rings. The predicted molar refractivity (Wildman–Crippen MR) is 171 cm³/mol. The zero-order chi connectivity index (χ0) is 29.5. The zero-order valence-electron chi connectivity index (χ0n) is 22.6. The molecule has 3 aromatic carbocycles. The molecule has 0 atom stereocenters. The number of benzene rings is 3. The van der Waals surface area contributed by atoms with Crippen LogP contribution in [0.1, 0.15) is 40.9 Å². The van der Waals surface area contributed by atoms with E-state index >= 15 is 0 Å². The lowest BCUT2D eigenvalue weighted by atomic mass is 10.1. The lowest BCUT2D eigenvalue weighted by Crippen LogP contribution is -2.14. The zero-order valence-corrected chi connectivity index (χ0v) is 26.3. The molecule has 3 aromatic rings. The molecule has 7 nitrogen and oxygen atoms in total. The van der Waals surface area contributed by atoms with Gasteiger partial charge >= 0.3 is 5.97 Å². The number of amides is 1. The predicted octanol–water partition coefficient (Wildman–Crippen LogP) is 7.93. The summed E-state index contributed by atoms with van der Waals surface area (Å²) in [6.07, 6.45) is 1.69. The SMILES string of the molecule is CCOC(=O)C1=C(O)/C(=C/c2cc(I)c(OCc3ccc(C)cc3)c(OCC)c2)SC1=NC(=O)c1ccccc1Cl. The van der Waals surface area contributed by atoms with E-state index < -0.39 is 11.9 Å². The fourth-order valence-corrected chi connectivity index (χ4v) is 5.85. The normalized spacial score (nSPS) is 15.0. The largest absolute Gasteiger partial charge is 0.506 e. The summed E-state index contributed by atoms with van der Waals surface area (Å²) in [7, 11) is 0. The van der Waals surface area contributed by atoms with Crippen molar-refractivity contribution in [2.24, 2.45) is 4.99 Å². The van der Waals surface area contributed by atoms with E-state index in [4.69, 9.17) is 25.8 Å². The standard InChI is InChI=1S/C31H27ClINO6S/c1-4-38-24-15-20(14-23(33)28(24)40-17-19-12-10-18(3)11-13-19)16-25-27(35)26(31(37)39-5-2)30(41-25)34-29(36)21-8-6-7-9-22(21)32/h6-16,35H,4-5,17H2,1-3H3/b25-16-,34-30?. The lowest BCUT2D eigenvalue weighted by Gasteiger charge is -2.15. The van der Waals surface area contributed by atoms with Crippen molar-refractivity contribution in [3.63, 3.8) is 0 Å². The number of rotatable bonds is 9. The minimum Gasteiger partial charge on any atom is -0.506 e. The Bertz CT molecular complexity index is 1570. The monoisotopic (exact) mass is 703 g/mol. The number of ether oxygens (including phenoxy) is 3. The molecule has 212 valence electrons. The fraction of sp³-hybridized carbons (Fsp3) is 0.194. The summed E-state index contributed by atoms with van der Waals surface area (Å²) in [5.74, 6) is -0.605. The maximum Gasteiger partial charge on any atom is 0.344 e. The minimum atomic E-state index is -0.781. The number of thioether (sulfide) groups is 1. The molecule has 1 aliphatic heterocycles. The second-order valence-electron chi connectivity index (χ2n) is 8.79. The van der Waals surface area contributed by atoms with Crippen molar-refractivity contribution in [1.29, 1.82) is 0 Å². The van der Waals surface area contributed by atoms with E-state index in [1.54, 1.807) is 43.3 Å². The maximum atomic E-state index is 12.9. The Morgan fingerprint density at radius 3 is 2.46 bits per heavy atom. The van der Waals surface area contributed by atoms with Crippen LogP contribution in [-0.2, 0) is 16.1 Å². The molecule has 41 heavy (non-hydrogen) atoms. The number of esters is 1. The number of aliphatic hydroxyl groups is 1. The third kappa shape index (κ3) is 7.52. The highest BCUT2D eigenvalue weighted by Crippen LogP contribution is 2.41. The lowest BCUT2D eigenvalue weighted by molar-refractivity contribution is -0.138. The first-order valence-corrected chi connectivity index (χ1v) is 15.0. The summed E-state index contributed by atoms with van der Waals surface area (Å²) in [6, 6.07) is 18.3. The van der Waals surface area contributed by atoms with Crippen molar-refractivity contribution in [3.8, 4) is 11.5 Å². The summed E-state index contributed by atoms with van der Waals surface area (Å²) in [4.78, 5) is 30.1. The Labute approximate surface area is 261 Å². The highest BCUT2D eigenvalue weighted by atomic mass is 127. The van der Waals surface area contributed by atoms with Gasteiger partial charge in [-0.15, -0.1) is 0 Å². The van der Waals surface area contributed by atoms with Crippen molar-refractivity contribution in [2.45, 2.75) is 27.4 Å². The molecule has 1 aliphatic rings. The van der Waals surface area contributed by atoms with E-state index in [0.717, 1.165) is 20.9 Å². The van der Waals surface area contributed by atoms with Gasteiger partial charge in [-0.3, -0.25) is 4.79 Å². The molecule has 1 amide bonds. The van der Waals surface area contributed by atoms with Gasteiger partial charge in [0.2, 0.25) is 0 Å². The molecule has 0 aliphatic carbocycles. The highest BCUT2D eigenvalue weighted by molar-refractivity contribution is 14.1. The van der Waals surface area contributed by atoms with Gasteiger partial charge in [-0.25, -0.2) is 9.79 Å². The molecule has 0 saturated carbocycles. The molecule has 1 N–H and O–H groups in total. The second-order valence-corrected chi connectivity index (χ2v) is 11.4. The van der Waals surface area contributed by atoms with Gasteiger partial charge in [-0.1, -0.05) is 65.3 Å². The van der Waals surface area contributed by atoms with E-state index in [-0.39, 0.29) is 33.6 Å². The molecule has 0 bridgehead atoms. The average Bonchev–Trinajstić information content (AvgIpc) is 3.23. The molecule has 1 heterocycles. The molecule has 0 saturated heterocycles. The summed E-state index contributed by atoms with van der Waals surface area (Å²) in [5, 5.41) is 11.3. The van der Waals surface area contributed by atoms with Gasteiger partial charge in [0.15, 0.2) is 11.5 Å². The van der Waals surface area contributed by atoms with Crippen molar-refractivity contribution >= 4 is 68.9 Å². The van der Waals surface area contributed by atoms with Crippen molar-refractivity contribution in [3.05, 3.63) is 108 Å². The van der Waals surface area contributed by atoms with Crippen LogP contribution in [0.15, 0.2) is 81.9 Å². The van der Waals surface area contributed by atoms with Crippen LogP contribution >= 0.6 is 46.0 Å². The van der Waals surface area contributed by atoms with E-state index in [2.05, 4.69) is 27.6 Å². The average molecular weight is 704 g/mol. The first kappa shape index (κ1) is 30.7. The molecule has 4 rings (SSSR count). The van der Waals surface area contributed by atoms with E-state index in [9.17, 15) is 14.7 Å². The molecular weight excluding hydrogens is 677 g/mol. The molecule has 0 aromatic heterocycles. The van der Waals surface area contributed by atoms with Crippen LogP contribution in [0.5, 0.6) is 11.5 Å². The van der Waals surface area contributed by atoms with Crippen LogP contribution in [-0.4, -0.2) is 35.2 Å². The number of hydrogen-bond donors (Lipinski definition) is 1. The summed E-state index contributed by atoms with van der Waals surface area (Å²) in [5.41, 5.74) is 2.89. The number of aliphatic imine (C=N–C) groups is 1. The number of aliphatic hydroxyl groups excluding tert-OH is 1. The third-order valence-corrected chi connectivity index (χ3v) is 7.96. The Morgan fingerprint density at radius 1 is 1.05 bits per heavy atom. The quantitative estimate of drug-likeness (QED) is 0.179. The Hall–Kier alpha value is -3.28. The maximum absolute atomic E-state index is 12.9. The third-order valence-electron chi connectivity index (χ3n) is 5.81. The molecular formula is C31H27ClINO6S. The topological polar surface area (TPSA) is 94.4 Å². The van der Waals surface area contributed by atoms with Gasteiger partial charge in [0.1, 0.15) is 23.0 Å². The number of halogens is 2. The molecule has 0 unspecified atom stereocenters. The number of hydrogen-bond acceptors (Lipinski definition) is 7. The van der Waals surface area contributed by atoms with Crippen molar-refractivity contribution < 1.29 is 28.9 Å². The summed E-state index contributed by atoms with van der Waals surface area (Å²) >= 11 is 9.33. The van der Waals surface area contributed by atoms with E-state index in [1.807, 2.05) is 44.2 Å². The second kappa shape index (κ2) is 14.1. The van der Waals surface area contributed by atoms with Crippen LogP contribution in [0.25, 0.3) is 6.08 Å². The van der Waals surface area contributed by atoms with Crippen LogP contribution in [0.2, 0.25) is 5.02 Å². The highest BCUT2D eigenvalue weighted by Gasteiger charge is 2.34.